The molecule has 5 nitrogen and oxygen atoms in total. The highest BCUT2D eigenvalue weighted by molar-refractivity contribution is 5.74. The van der Waals surface area contributed by atoms with Crippen molar-refractivity contribution in [3.05, 3.63) is 28.8 Å². The van der Waals surface area contributed by atoms with E-state index in [1.807, 2.05) is 4.90 Å². The van der Waals surface area contributed by atoms with Crippen molar-refractivity contribution in [3.63, 3.8) is 0 Å². The summed E-state index contributed by atoms with van der Waals surface area (Å²) in [6.07, 6.45) is 2.36. The largest absolute Gasteiger partial charge is 0.376 e. The van der Waals surface area contributed by atoms with Crippen LogP contribution < -0.4 is 10.2 Å². The number of hydrogen-bond donors (Lipinski definition) is 1. The van der Waals surface area contributed by atoms with E-state index >= 15 is 0 Å². The molecule has 0 bridgehead atoms. The molecule has 132 valence electrons. The maximum Gasteiger partial charge on any atom is 0.317 e. The van der Waals surface area contributed by atoms with Gasteiger partial charge in [0.25, 0.3) is 0 Å². The maximum absolute atomic E-state index is 12.3. The first-order valence-corrected chi connectivity index (χ1v) is 9.02. The summed E-state index contributed by atoms with van der Waals surface area (Å²) in [4.78, 5) is 16.6. The Hall–Kier alpha value is -1.75. The molecular formula is C19H29N3O2. The Morgan fingerprint density at radius 1 is 1.17 bits per heavy atom. The van der Waals surface area contributed by atoms with Gasteiger partial charge in [0.1, 0.15) is 0 Å². The molecule has 2 aliphatic rings. The second kappa shape index (κ2) is 7.43. The maximum atomic E-state index is 12.3. The molecular weight excluding hydrogens is 302 g/mol. The van der Waals surface area contributed by atoms with Crippen LogP contribution in [-0.2, 0) is 4.74 Å². The van der Waals surface area contributed by atoms with Gasteiger partial charge in [-0.2, -0.15) is 0 Å². The van der Waals surface area contributed by atoms with Gasteiger partial charge in [-0.3, -0.25) is 0 Å². The number of carbonyl (C=O) groups excluding carboxylic acids is 1. The summed E-state index contributed by atoms with van der Waals surface area (Å²) in [6, 6.07) is 4.52. The van der Waals surface area contributed by atoms with Crippen molar-refractivity contribution in [2.75, 3.05) is 44.2 Å². The topological polar surface area (TPSA) is 44.8 Å². The summed E-state index contributed by atoms with van der Waals surface area (Å²) < 4.78 is 5.56. The Morgan fingerprint density at radius 3 is 2.42 bits per heavy atom. The lowest BCUT2D eigenvalue weighted by molar-refractivity contribution is 0.108. The van der Waals surface area contributed by atoms with Crippen molar-refractivity contribution in [1.82, 2.24) is 10.2 Å². The number of anilines is 1. The van der Waals surface area contributed by atoms with E-state index in [2.05, 4.69) is 43.1 Å². The number of piperazine rings is 1. The number of aryl methyl sites for hydroxylation is 3. The van der Waals surface area contributed by atoms with Crippen molar-refractivity contribution in [1.29, 1.82) is 0 Å². The van der Waals surface area contributed by atoms with E-state index < -0.39 is 0 Å². The highest BCUT2D eigenvalue weighted by atomic mass is 16.5. The molecule has 1 aromatic carbocycles. The van der Waals surface area contributed by atoms with Crippen LogP contribution in [-0.4, -0.2) is 56.4 Å². The molecule has 1 N–H and O–H groups in total. The van der Waals surface area contributed by atoms with E-state index in [1.54, 1.807) is 0 Å². The predicted octanol–water partition coefficient (Wildman–Crippen LogP) is 2.62. The van der Waals surface area contributed by atoms with Crippen LogP contribution >= 0.6 is 0 Å². The van der Waals surface area contributed by atoms with Gasteiger partial charge in [0.05, 0.1) is 6.10 Å². The van der Waals surface area contributed by atoms with Gasteiger partial charge in [0.2, 0.25) is 0 Å². The second-order valence-electron chi connectivity index (χ2n) is 7.04. The smallest absolute Gasteiger partial charge is 0.317 e. The fourth-order valence-electron chi connectivity index (χ4n) is 3.92. The molecule has 2 aliphatic heterocycles. The number of nitrogens with zero attached hydrogens (tertiary/aromatic N) is 2. The molecule has 0 radical (unpaired) electrons. The third-order valence-electron chi connectivity index (χ3n) is 5.02. The van der Waals surface area contributed by atoms with Crippen LogP contribution in [0.15, 0.2) is 12.1 Å². The van der Waals surface area contributed by atoms with E-state index in [0.29, 0.717) is 6.54 Å². The Balaban J connectivity index is 1.53. The number of amides is 2. The molecule has 0 spiro atoms. The zero-order chi connectivity index (χ0) is 17.1. The normalized spacial score (nSPS) is 21.2. The van der Waals surface area contributed by atoms with E-state index in [4.69, 9.17) is 4.74 Å². The Morgan fingerprint density at radius 2 is 1.83 bits per heavy atom. The summed E-state index contributed by atoms with van der Waals surface area (Å²) in [7, 11) is 0. The summed E-state index contributed by atoms with van der Waals surface area (Å²) >= 11 is 0. The van der Waals surface area contributed by atoms with Crippen LogP contribution in [0, 0.1) is 20.8 Å². The molecule has 2 fully saturated rings. The zero-order valence-electron chi connectivity index (χ0n) is 15.1. The lowest BCUT2D eigenvalue weighted by Crippen LogP contribution is -2.53. The van der Waals surface area contributed by atoms with Crippen LogP contribution in [0.5, 0.6) is 0 Å². The highest BCUT2D eigenvalue weighted by Crippen LogP contribution is 2.27. The SMILES string of the molecule is Cc1cc(C)c(N2CCN(C(=O)NCC3CCCO3)CC2)c(C)c1. The summed E-state index contributed by atoms with van der Waals surface area (Å²) in [5, 5.41) is 3.02. The molecule has 1 unspecified atom stereocenters. The van der Waals surface area contributed by atoms with E-state index in [1.165, 1.54) is 22.4 Å². The van der Waals surface area contributed by atoms with Crippen molar-refractivity contribution >= 4 is 11.7 Å². The molecule has 3 rings (SSSR count). The lowest BCUT2D eigenvalue weighted by atomic mass is 10.0. The van der Waals surface area contributed by atoms with Crippen LogP contribution in [0.1, 0.15) is 29.5 Å². The molecule has 0 aliphatic carbocycles. The number of benzene rings is 1. The molecule has 0 saturated carbocycles. The average Bonchev–Trinajstić information content (AvgIpc) is 3.06. The van der Waals surface area contributed by atoms with E-state index in [0.717, 1.165) is 45.6 Å². The minimum absolute atomic E-state index is 0.0440. The van der Waals surface area contributed by atoms with Gasteiger partial charge >= 0.3 is 6.03 Å². The molecule has 24 heavy (non-hydrogen) atoms. The molecule has 2 amide bonds. The second-order valence-corrected chi connectivity index (χ2v) is 7.04. The average molecular weight is 331 g/mol. The Bertz CT molecular complexity index is 565. The van der Waals surface area contributed by atoms with E-state index in [9.17, 15) is 4.79 Å². The molecule has 2 heterocycles. The van der Waals surface area contributed by atoms with Crippen LogP contribution in [0.2, 0.25) is 0 Å². The lowest BCUT2D eigenvalue weighted by Gasteiger charge is -2.37. The standard InChI is InChI=1S/C19H29N3O2/c1-14-11-15(2)18(16(3)12-14)21-6-8-22(9-7-21)19(23)20-13-17-5-4-10-24-17/h11-12,17H,4-10,13H2,1-3H3,(H,20,23). The van der Waals surface area contributed by atoms with Crippen LogP contribution in [0.25, 0.3) is 0 Å². The molecule has 1 aromatic rings. The fraction of sp³-hybridized carbons (Fsp3) is 0.632. The molecule has 1 atom stereocenters. The van der Waals surface area contributed by atoms with Gasteiger partial charge < -0.3 is 19.9 Å². The number of urea groups is 1. The van der Waals surface area contributed by atoms with Crippen molar-refractivity contribution in [2.45, 2.75) is 39.7 Å². The zero-order valence-corrected chi connectivity index (χ0v) is 15.1. The molecule has 2 saturated heterocycles. The third kappa shape index (κ3) is 3.83. The highest BCUT2D eigenvalue weighted by Gasteiger charge is 2.24. The summed E-state index contributed by atoms with van der Waals surface area (Å²) in [6.45, 7) is 11.3. The first-order chi connectivity index (χ1) is 11.5. The Labute approximate surface area is 145 Å². The van der Waals surface area contributed by atoms with Gasteiger partial charge in [-0.25, -0.2) is 4.79 Å². The minimum atomic E-state index is 0.0440. The van der Waals surface area contributed by atoms with Gasteiger partial charge in [-0.1, -0.05) is 17.7 Å². The Kier molecular flexibility index (Phi) is 5.29. The van der Waals surface area contributed by atoms with Gasteiger partial charge in [0, 0.05) is 45.0 Å². The van der Waals surface area contributed by atoms with E-state index in [-0.39, 0.29) is 12.1 Å². The first-order valence-electron chi connectivity index (χ1n) is 9.02. The van der Waals surface area contributed by atoms with Crippen molar-refractivity contribution < 1.29 is 9.53 Å². The van der Waals surface area contributed by atoms with Crippen molar-refractivity contribution in [2.24, 2.45) is 0 Å². The summed E-state index contributed by atoms with van der Waals surface area (Å²) in [5.74, 6) is 0. The fourth-order valence-corrected chi connectivity index (χ4v) is 3.92. The number of rotatable bonds is 3. The quantitative estimate of drug-likeness (QED) is 0.926. The van der Waals surface area contributed by atoms with Gasteiger partial charge in [-0.05, 0) is 44.7 Å². The van der Waals surface area contributed by atoms with Crippen LogP contribution in [0.4, 0.5) is 10.5 Å². The van der Waals surface area contributed by atoms with Gasteiger partial charge in [0.15, 0.2) is 0 Å². The number of ether oxygens (including phenoxy) is 1. The first kappa shape index (κ1) is 17.1. The monoisotopic (exact) mass is 331 g/mol. The summed E-state index contributed by atoms with van der Waals surface area (Å²) in [5.41, 5.74) is 5.29. The van der Waals surface area contributed by atoms with Crippen LogP contribution in [0.3, 0.4) is 0 Å². The van der Waals surface area contributed by atoms with Crippen molar-refractivity contribution in [3.8, 4) is 0 Å². The number of nitrogens with one attached hydrogen (secondary N) is 1. The van der Waals surface area contributed by atoms with Gasteiger partial charge in [-0.15, -0.1) is 0 Å². The molecule has 5 heteroatoms. The minimum Gasteiger partial charge on any atom is -0.376 e. The molecule has 0 aromatic heterocycles. The third-order valence-corrected chi connectivity index (χ3v) is 5.02. The number of carbonyl (C=O) groups is 1. The predicted molar refractivity (Wildman–Crippen MR) is 96.8 cm³/mol. The number of hydrogen-bond acceptors (Lipinski definition) is 3.